The fourth-order valence-electron chi connectivity index (χ4n) is 3.12. The Balaban J connectivity index is 1.51. The van der Waals surface area contributed by atoms with Gasteiger partial charge in [-0.15, -0.1) is 0 Å². The van der Waals surface area contributed by atoms with Crippen LogP contribution in [0.1, 0.15) is 35.2 Å². The van der Waals surface area contributed by atoms with Crippen LogP contribution in [0.15, 0.2) is 53.4 Å². The van der Waals surface area contributed by atoms with E-state index in [0.29, 0.717) is 6.42 Å². The van der Waals surface area contributed by atoms with Gasteiger partial charge in [-0.2, -0.15) is 0 Å². The van der Waals surface area contributed by atoms with Crippen LogP contribution in [0.4, 0.5) is 10.5 Å². The molecule has 1 heterocycles. The number of ether oxygens (including phenoxy) is 1. The van der Waals surface area contributed by atoms with E-state index in [2.05, 4.69) is 5.32 Å². The monoisotopic (exact) mass is 473 g/mol. The Morgan fingerprint density at radius 2 is 1.70 bits per heavy atom. The van der Waals surface area contributed by atoms with Crippen molar-refractivity contribution in [3.8, 4) is 0 Å². The number of urea groups is 1. The Bertz CT molecular complexity index is 1160. The lowest BCUT2D eigenvalue weighted by Crippen LogP contribution is -2.34. The highest BCUT2D eigenvalue weighted by Crippen LogP contribution is 2.15. The van der Waals surface area contributed by atoms with Gasteiger partial charge in [0.2, 0.25) is 11.8 Å². The molecular formula is C22H23N3O7S. The molecule has 0 unspecified atom stereocenters. The largest absolute Gasteiger partial charge is 0.462 e. The van der Waals surface area contributed by atoms with Crippen molar-refractivity contribution in [1.29, 1.82) is 0 Å². The summed E-state index contributed by atoms with van der Waals surface area (Å²) >= 11 is 0. The summed E-state index contributed by atoms with van der Waals surface area (Å²) in [5.74, 6) is -1.12. The normalized spacial score (nSPS) is 13.7. The molecule has 4 amide bonds. The quantitative estimate of drug-likeness (QED) is 0.340. The molecule has 0 spiro atoms. The van der Waals surface area contributed by atoms with Crippen LogP contribution in [0, 0.1) is 6.92 Å². The number of carbonyl (C=O) groups excluding carboxylic acids is 4. The van der Waals surface area contributed by atoms with Gasteiger partial charge in [-0.25, -0.2) is 22.7 Å². The predicted octanol–water partition coefficient (Wildman–Crippen LogP) is 2.20. The van der Waals surface area contributed by atoms with Crippen molar-refractivity contribution in [2.24, 2.45) is 0 Å². The number of carbonyl (C=O) groups is 4. The molecule has 0 bridgehead atoms. The molecule has 0 aliphatic carbocycles. The van der Waals surface area contributed by atoms with Gasteiger partial charge in [0.05, 0.1) is 17.1 Å². The maximum absolute atomic E-state index is 12.3. The molecule has 2 aromatic rings. The van der Waals surface area contributed by atoms with Crippen molar-refractivity contribution in [3.05, 3.63) is 59.7 Å². The zero-order valence-corrected chi connectivity index (χ0v) is 18.7. The first-order valence-electron chi connectivity index (χ1n) is 10.2. The summed E-state index contributed by atoms with van der Waals surface area (Å²) in [6.07, 6.45) is 0.719. The lowest BCUT2D eigenvalue weighted by molar-refractivity contribution is -0.138. The van der Waals surface area contributed by atoms with Gasteiger partial charge in [0, 0.05) is 25.1 Å². The molecular weight excluding hydrogens is 450 g/mol. The van der Waals surface area contributed by atoms with Crippen LogP contribution in [0.3, 0.4) is 0 Å². The molecule has 0 radical (unpaired) electrons. The molecule has 1 saturated heterocycles. The van der Waals surface area contributed by atoms with Crippen LogP contribution in [0.2, 0.25) is 0 Å². The van der Waals surface area contributed by atoms with E-state index in [0.717, 1.165) is 10.5 Å². The summed E-state index contributed by atoms with van der Waals surface area (Å²) in [6.45, 7) is 2.00. The Kier molecular flexibility index (Phi) is 7.44. The van der Waals surface area contributed by atoms with Crippen molar-refractivity contribution in [1.82, 2.24) is 9.62 Å². The van der Waals surface area contributed by atoms with E-state index in [4.69, 9.17) is 4.74 Å². The third-order valence-corrected chi connectivity index (χ3v) is 6.18. The van der Waals surface area contributed by atoms with Gasteiger partial charge in [-0.05, 0) is 43.7 Å². The number of nitrogens with one attached hydrogen (secondary N) is 2. The van der Waals surface area contributed by atoms with E-state index in [9.17, 15) is 27.6 Å². The van der Waals surface area contributed by atoms with Gasteiger partial charge in [-0.1, -0.05) is 23.8 Å². The number of imide groups is 1. The average Bonchev–Trinajstić information content (AvgIpc) is 3.08. The fourth-order valence-corrected chi connectivity index (χ4v) is 4.03. The Morgan fingerprint density at radius 1 is 1.03 bits per heavy atom. The van der Waals surface area contributed by atoms with Crippen molar-refractivity contribution >= 4 is 39.5 Å². The molecule has 2 aromatic carbocycles. The van der Waals surface area contributed by atoms with E-state index in [-0.39, 0.29) is 54.0 Å². The molecule has 1 aliphatic rings. The van der Waals surface area contributed by atoms with Crippen molar-refractivity contribution in [2.45, 2.75) is 31.1 Å². The number of likely N-dealkylation sites (tertiary alicyclic amines) is 1. The zero-order chi connectivity index (χ0) is 24.0. The smallest absolute Gasteiger partial charge is 0.338 e. The minimum absolute atomic E-state index is 0.00281. The summed E-state index contributed by atoms with van der Waals surface area (Å²) in [7, 11) is -4.06. The number of benzene rings is 2. The second-order valence-electron chi connectivity index (χ2n) is 7.38. The van der Waals surface area contributed by atoms with E-state index < -0.39 is 22.0 Å². The van der Waals surface area contributed by atoms with Crippen LogP contribution in [-0.4, -0.2) is 50.3 Å². The fraction of sp³-hybridized carbons (Fsp3) is 0.273. The molecule has 174 valence electrons. The highest BCUT2D eigenvalue weighted by molar-refractivity contribution is 7.90. The first-order chi connectivity index (χ1) is 15.7. The third kappa shape index (κ3) is 6.39. The Labute approximate surface area is 191 Å². The summed E-state index contributed by atoms with van der Waals surface area (Å²) in [6, 6.07) is 10.8. The minimum atomic E-state index is -4.06. The third-order valence-electron chi connectivity index (χ3n) is 4.83. The number of nitrogens with zero attached hydrogens (tertiary/aromatic N) is 1. The first kappa shape index (κ1) is 23.9. The molecule has 0 atom stereocenters. The van der Waals surface area contributed by atoms with Crippen molar-refractivity contribution in [3.63, 3.8) is 0 Å². The number of sulfonamides is 1. The van der Waals surface area contributed by atoms with Crippen LogP contribution in [-0.2, 0) is 24.3 Å². The summed E-state index contributed by atoms with van der Waals surface area (Å²) < 4.78 is 31.7. The number of rotatable bonds is 8. The van der Waals surface area contributed by atoms with Crippen molar-refractivity contribution < 1.29 is 32.3 Å². The van der Waals surface area contributed by atoms with Crippen LogP contribution >= 0.6 is 0 Å². The van der Waals surface area contributed by atoms with Crippen LogP contribution in [0.5, 0.6) is 0 Å². The second kappa shape index (κ2) is 10.3. The van der Waals surface area contributed by atoms with Gasteiger partial charge >= 0.3 is 12.0 Å². The second-order valence-corrected chi connectivity index (χ2v) is 9.06. The minimum Gasteiger partial charge on any atom is -0.462 e. The van der Waals surface area contributed by atoms with E-state index >= 15 is 0 Å². The number of aryl methyl sites for hydroxylation is 1. The van der Waals surface area contributed by atoms with Gasteiger partial charge in [0.15, 0.2) is 0 Å². The lowest BCUT2D eigenvalue weighted by Gasteiger charge is -2.13. The molecule has 0 aromatic heterocycles. The highest BCUT2D eigenvalue weighted by atomic mass is 32.2. The van der Waals surface area contributed by atoms with E-state index in [1.807, 2.05) is 11.6 Å². The maximum Gasteiger partial charge on any atom is 0.338 e. The van der Waals surface area contributed by atoms with Crippen LogP contribution in [0.25, 0.3) is 0 Å². The SMILES string of the molecule is Cc1ccc(S(=O)(=O)NC(=O)Nc2cccc(C(=O)OCCCN3C(=O)CCC3=O)c2)cc1. The Morgan fingerprint density at radius 3 is 2.36 bits per heavy atom. The maximum atomic E-state index is 12.3. The van der Waals surface area contributed by atoms with Gasteiger partial charge in [0.25, 0.3) is 10.0 Å². The summed E-state index contributed by atoms with van der Waals surface area (Å²) in [4.78, 5) is 48.6. The molecule has 1 aliphatic heterocycles. The van der Waals surface area contributed by atoms with Gasteiger partial charge in [-0.3, -0.25) is 14.5 Å². The molecule has 1 fully saturated rings. The topological polar surface area (TPSA) is 139 Å². The molecule has 2 N–H and O–H groups in total. The van der Waals surface area contributed by atoms with Crippen molar-refractivity contribution in [2.75, 3.05) is 18.5 Å². The number of hydrogen-bond acceptors (Lipinski definition) is 7. The van der Waals surface area contributed by atoms with E-state index in [1.54, 1.807) is 12.1 Å². The summed E-state index contributed by atoms with van der Waals surface area (Å²) in [5.41, 5.74) is 1.21. The number of hydrogen-bond donors (Lipinski definition) is 2. The molecule has 0 saturated carbocycles. The highest BCUT2D eigenvalue weighted by Gasteiger charge is 2.28. The number of anilines is 1. The number of esters is 1. The molecule has 3 rings (SSSR count). The lowest BCUT2D eigenvalue weighted by atomic mass is 10.2. The summed E-state index contributed by atoms with van der Waals surface area (Å²) in [5, 5.41) is 2.37. The van der Waals surface area contributed by atoms with Gasteiger partial charge < -0.3 is 10.1 Å². The standard InChI is InChI=1S/C22H23N3O7S/c1-15-6-8-18(9-7-15)33(30,31)24-22(29)23-17-5-2-4-16(14-17)21(28)32-13-3-12-25-19(26)10-11-20(25)27/h2,4-9,14H,3,10-13H2,1H3,(H2,23,24,29). The average molecular weight is 474 g/mol. The molecule has 11 heteroatoms. The Hall–Kier alpha value is -3.73. The molecule has 33 heavy (non-hydrogen) atoms. The van der Waals surface area contributed by atoms with Gasteiger partial charge in [0.1, 0.15) is 0 Å². The first-order valence-corrected chi connectivity index (χ1v) is 11.6. The zero-order valence-electron chi connectivity index (χ0n) is 17.9. The van der Waals surface area contributed by atoms with E-state index in [1.165, 1.54) is 36.4 Å². The van der Waals surface area contributed by atoms with Crippen LogP contribution < -0.4 is 10.0 Å². The number of amides is 4. The predicted molar refractivity (Wildman–Crippen MR) is 118 cm³/mol. The molecule has 10 nitrogen and oxygen atoms in total.